The van der Waals surface area contributed by atoms with Crippen LogP contribution in [0.15, 0.2) is 0 Å². The molecule has 1 aliphatic rings. The number of hydrogen-bond donors (Lipinski definition) is 0. The van der Waals surface area contributed by atoms with Crippen molar-refractivity contribution in [2.45, 2.75) is 96.8 Å². The lowest BCUT2D eigenvalue weighted by atomic mass is 10.1. The van der Waals surface area contributed by atoms with Gasteiger partial charge in [0.05, 0.1) is 0 Å². The Morgan fingerprint density at radius 2 is 1.22 bits per heavy atom. The van der Waals surface area contributed by atoms with Crippen molar-refractivity contribution >= 4 is 10.4 Å². The molecule has 0 aliphatic carbocycles. The van der Waals surface area contributed by atoms with E-state index >= 15 is 0 Å². The van der Waals surface area contributed by atoms with Gasteiger partial charge in [-0.25, -0.2) is 0 Å². The molecule has 1 fully saturated rings. The van der Waals surface area contributed by atoms with Gasteiger partial charge in [0.15, 0.2) is 0 Å². The second-order valence-corrected chi connectivity index (χ2v) is 7.75. The zero-order chi connectivity index (χ0) is 17.2. The molecule has 0 aromatic rings. The van der Waals surface area contributed by atoms with E-state index in [1.165, 1.54) is 64.2 Å². The lowest BCUT2D eigenvalue weighted by Crippen LogP contribution is -2.60. The lowest BCUT2D eigenvalue weighted by molar-refractivity contribution is -0.275. The molecule has 5 nitrogen and oxygen atoms in total. The highest BCUT2D eigenvalue weighted by atomic mass is 32.3. The summed E-state index contributed by atoms with van der Waals surface area (Å²) in [5, 5.41) is 0. The molecule has 0 amide bonds. The monoisotopic (exact) mass is 349 g/mol. The predicted octanol–water partition coefficient (Wildman–Crippen LogP) is 4.58. The summed E-state index contributed by atoms with van der Waals surface area (Å²) in [7, 11) is -1.89. The molecule has 138 valence electrons. The van der Waals surface area contributed by atoms with Gasteiger partial charge >= 0.3 is 10.4 Å². The first-order chi connectivity index (χ1) is 11.0. The van der Waals surface area contributed by atoms with Crippen molar-refractivity contribution in [2.75, 3.05) is 13.6 Å². The molecular formula is C17H35NO4S. The Hall–Kier alpha value is -0.170. The van der Waals surface area contributed by atoms with Crippen molar-refractivity contribution in [1.82, 2.24) is 4.90 Å². The van der Waals surface area contributed by atoms with Crippen molar-refractivity contribution in [3.8, 4) is 0 Å². The molecular weight excluding hydrogens is 314 g/mol. The second kappa shape index (κ2) is 10.6. The van der Waals surface area contributed by atoms with Crippen molar-refractivity contribution in [2.24, 2.45) is 0 Å². The molecule has 1 saturated heterocycles. The van der Waals surface area contributed by atoms with Gasteiger partial charge in [-0.15, -0.1) is 0 Å². The summed E-state index contributed by atoms with van der Waals surface area (Å²) in [5.41, 5.74) is 0. The molecule has 6 heteroatoms. The van der Waals surface area contributed by atoms with Crippen LogP contribution in [-0.2, 0) is 18.8 Å². The molecule has 0 atom stereocenters. The van der Waals surface area contributed by atoms with Gasteiger partial charge in [-0.2, -0.15) is 16.8 Å². The molecule has 0 bridgehead atoms. The van der Waals surface area contributed by atoms with Crippen molar-refractivity contribution in [1.29, 1.82) is 0 Å². The normalized spacial score (nSPS) is 19.0. The maximum Gasteiger partial charge on any atom is 0.407 e. The van der Waals surface area contributed by atoms with Gasteiger partial charge < -0.3 is 0 Å². The van der Waals surface area contributed by atoms with E-state index in [0.29, 0.717) is 6.42 Å². The van der Waals surface area contributed by atoms with Crippen molar-refractivity contribution in [3.63, 3.8) is 0 Å². The van der Waals surface area contributed by atoms with Gasteiger partial charge in [-0.05, 0) is 13.5 Å². The fourth-order valence-corrected chi connectivity index (χ4v) is 4.16. The molecule has 0 N–H and O–H groups in total. The van der Waals surface area contributed by atoms with Crippen LogP contribution in [0.1, 0.15) is 90.9 Å². The molecule has 0 aromatic heterocycles. The highest BCUT2D eigenvalue weighted by molar-refractivity contribution is 7.82. The van der Waals surface area contributed by atoms with Crippen LogP contribution in [-0.4, -0.2) is 32.8 Å². The number of rotatable bonds is 14. The van der Waals surface area contributed by atoms with E-state index in [4.69, 9.17) is 8.37 Å². The van der Waals surface area contributed by atoms with Gasteiger partial charge in [0.2, 0.25) is 0 Å². The lowest BCUT2D eigenvalue weighted by Gasteiger charge is -2.44. The van der Waals surface area contributed by atoms with E-state index in [1.54, 1.807) is 0 Å². The number of nitrogens with zero attached hydrogens (tertiary/aromatic N) is 1. The first kappa shape index (κ1) is 20.9. The van der Waals surface area contributed by atoms with Gasteiger partial charge in [-0.1, -0.05) is 78.1 Å². The molecule has 0 unspecified atom stereocenters. The first-order valence-corrected chi connectivity index (χ1v) is 10.7. The summed E-state index contributed by atoms with van der Waals surface area (Å²) in [6.45, 7) is 4.91. The summed E-state index contributed by atoms with van der Waals surface area (Å²) >= 11 is 0. The zero-order valence-electron chi connectivity index (χ0n) is 15.2. The standard InChI is InChI=1S/C17H35NO4S/c1-4-6-7-8-9-10-11-12-13-14-15-16-18(3)17(5-2)21-23(19,20)22-17/h4-16H2,1-3H3. The third-order valence-electron chi connectivity index (χ3n) is 4.59. The minimum atomic E-state index is -3.74. The van der Waals surface area contributed by atoms with E-state index in [-0.39, 0.29) is 0 Å². The maximum atomic E-state index is 11.1. The second-order valence-electron chi connectivity index (χ2n) is 6.60. The van der Waals surface area contributed by atoms with Crippen LogP contribution in [0.3, 0.4) is 0 Å². The Morgan fingerprint density at radius 1 is 0.783 bits per heavy atom. The summed E-state index contributed by atoms with van der Waals surface area (Å²) in [4.78, 5) is 1.86. The Labute approximate surface area is 143 Å². The maximum absolute atomic E-state index is 11.1. The highest BCUT2D eigenvalue weighted by Gasteiger charge is 2.53. The van der Waals surface area contributed by atoms with Crippen LogP contribution in [0, 0.1) is 0 Å². The minimum Gasteiger partial charge on any atom is -0.253 e. The highest BCUT2D eigenvalue weighted by Crippen LogP contribution is 2.36. The van der Waals surface area contributed by atoms with E-state index in [0.717, 1.165) is 13.0 Å². The largest absolute Gasteiger partial charge is 0.407 e. The van der Waals surface area contributed by atoms with Crippen LogP contribution in [0.2, 0.25) is 0 Å². The van der Waals surface area contributed by atoms with Crippen LogP contribution in [0.25, 0.3) is 0 Å². The van der Waals surface area contributed by atoms with E-state index in [2.05, 4.69) is 6.92 Å². The fraction of sp³-hybridized carbons (Fsp3) is 1.00. The van der Waals surface area contributed by atoms with E-state index in [9.17, 15) is 8.42 Å². The van der Waals surface area contributed by atoms with Crippen molar-refractivity contribution < 1.29 is 16.8 Å². The summed E-state index contributed by atoms with van der Waals surface area (Å²) in [6, 6.07) is 0. The van der Waals surface area contributed by atoms with Crippen LogP contribution in [0.5, 0.6) is 0 Å². The number of hydrogen-bond acceptors (Lipinski definition) is 5. The average Bonchev–Trinajstić information content (AvgIpc) is 2.49. The van der Waals surface area contributed by atoms with E-state index < -0.39 is 16.3 Å². The molecule has 0 saturated carbocycles. The molecule has 1 rings (SSSR count). The average molecular weight is 350 g/mol. The number of unbranched alkanes of at least 4 members (excludes halogenated alkanes) is 10. The first-order valence-electron chi connectivity index (χ1n) is 9.33. The molecule has 0 aromatic carbocycles. The SMILES string of the molecule is CCCCCCCCCCCCCN(C)C1(CC)OS(=O)(=O)O1. The minimum absolute atomic E-state index is 0.501. The van der Waals surface area contributed by atoms with Gasteiger partial charge in [0.25, 0.3) is 5.91 Å². The van der Waals surface area contributed by atoms with Gasteiger partial charge in [0, 0.05) is 13.0 Å². The summed E-state index contributed by atoms with van der Waals surface area (Å²) in [6.07, 6.45) is 14.8. The molecule has 1 aliphatic heterocycles. The topological polar surface area (TPSA) is 55.8 Å². The van der Waals surface area contributed by atoms with Crippen molar-refractivity contribution in [3.05, 3.63) is 0 Å². The van der Waals surface area contributed by atoms with E-state index in [1.807, 2.05) is 18.9 Å². The van der Waals surface area contributed by atoms with Gasteiger partial charge in [0.1, 0.15) is 0 Å². The molecule has 0 radical (unpaired) electrons. The molecule has 1 heterocycles. The van der Waals surface area contributed by atoms with Gasteiger partial charge in [-0.3, -0.25) is 4.90 Å². The smallest absolute Gasteiger partial charge is 0.253 e. The summed E-state index contributed by atoms with van der Waals surface area (Å²) < 4.78 is 32.0. The molecule has 23 heavy (non-hydrogen) atoms. The molecule has 0 spiro atoms. The predicted molar refractivity (Wildman–Crippen MR) is 93.2 cm³/mol. The van der Waals surface area contributed by atoms with Crippen LogP contribution in [0.4, 0.5) is 0 Å². The Kier molecular flexibility index (Phi) is 9.66. The fourth-order valence-electron chi connectivity index (χ4n) is 3.02. The van der Waals surface area contributed by atoms with Crippen LogP contribution >= 0.6 is 0 Å². The zero-order valence-corrected chi connectivity index (χ0v) is 16.0. The third kappa shape index (κ3) is 7.50. The Balaban J connectivity index is 1.96. The summed E-state index contributed by atoms with van der Waals surface area (Å²) in [5.74, 6) is -1.06. The Morgan fingerprint density at radius 3 is 1.61 bits per heavy atom. The Bertz CT molecular complexity index is 399. The third-order valence-corrected chi connectivity index (χ3v) is 5.52. The quantitative estimate of drug-likeness (QED) is 0.429. The van der Waals surface area contributed by atoms with Crippen LogP contribution < -0.4 is 0 Å².